The third-order valence-corrected chi connectivity index (χ3v) is 4.59. The maximum absolute atomic E-state index is 10.5. The molecule has 1 N–H and O–H groups in total. The van der Waals surface area contributed by atoms with Crippen molar-refractivity contribution in [3.8, 4) is 0 Å². The van der Waals surface area contributed by atoms with Gasteiger partial charge < -0.3 is 4.90 Å². The zero-order chi connectivity index (χ0) is 18.4. The van der Waals surface area contributed by atoms with Gasteiger partial charge in [0.15, 0.2) is 0 Å². The molecule has 2 rings (SSSR count). The summed E-state index contributed by atoms with van der Waals surface area (Å²) < 4.78 is 39.6. The van der Waals surface area contributed by atoms with Crippen LogP contribution in [-0.2, 0) is 21.6 Å². The Morgan fingerprint density at radius 2 is 2.16 bits per heavy atom. The molecular formula is C14H20N5O4S2+. The lowest BCUT2D eigenvalue weighted by atomic mass is 10.1. The summed E-state index contributed by atoms with van der Waals surface area (Å²) >= 11 is 1.27. The van der Waals surface area contributed by atoms with Crippen molar-refractivity contribution in [1.82, 2.24) is 4.37 Å². The second-order valence-corrected chi connectivity index (χ2v) is 7.25. The standard InChI is InChI=1S/C14H19N5O4S2/c1-11-9-12(18(2)7-4-8-23-25(20,21)22)5-6-13(11)16-17-14-19(3)10-15-24-14/h5-6,9-10H,4,7-8H2,1-3H3/p+1. The molecule has 11 heteroatoms. The first-order valence-electron chi connectivity index (χ1n) is 7.42. The maximum Gasteiger partial charge on any atom is 0.397 e. The van der Waals surface area contributed by atoms with Crippen molar-refractivity contribution in [2.75, 3.05) is 25.1 Å². The summed E-state index contributed by atoms with van der Waals surface area (Å²) in [5.41, 5.74) is 2.70. The van der Waals surface area contributed by atoms with Crippen LogP contribution in [0.25, 0.3) is 0 Å². The number of hydrogen-bond acceptors (Lipinski definition) is 8. The van der Waals surface area contributed by atoms with E-state index >= 15 is 0 Å². The van der Waals surface area contributed by atoms with E-state index in [2.05, 4.69) is 18.8 Å². The van der Waals surface area contributed by atoms with Crippen LogP contribution in [0, 0.1) is 6.92 Å². The molecule has 0 bridgehead atoms. The van der Waals surface area contributed by atoms with Crippen LogP contribution < -0.4 is 9.47 Å². The van der Waals surface area contributed by atoms with Crippen molar-refractivity contribution in [2.24, 2.45) is 17.3 Å². The summed E-state index contributed by atoms with van der Waals surface area (Å²) in [6, 6.07) is 5.77. The van der Waals surface area contributed by atoms with Crippen molar-refractivity contribution in [1.29, 1.82) is 0 Å². The zero-order valence-corrected chi connectivity index (χ0v) is 15.8. The monoisotopic (exact) mass is 386 g/mol. The first-order chi connectivity index (χ1) is 11.8. The minimum absolute atomic E-state index is 0.0691. The second-order valence-electron chi connectivity index (χ2n) is 5.40. The lowest BCUT2D eigenvalue weighted by Gasteiger charge is -2.19. The molecule has 0 aliphatic heterocycles. The highest BCUT2D eigenvalue weighted by Crippen LogP contribution is 2.26. The van der Waals surface area contributed by atoms with E-state index in [-0.39, 0.29) is 6.61 Å². The van der Waals surface area contributed by atoms with Gasteiger partial charge in [0.05, 0.1) is 13.7 Å². The number of aryl methyl sites for hydroxylation is 2. The fraction of sp³-hybridized carbons (Fsp3) is 0.429. The molecule has 25 heavy (non-hydrogen) atoms. The van der Waals surface area contributed by atoms with Gasteiger partial charge in [0.1, 0.15) is 17.2 Å². The van der Waals surface area contributed by atoms with E-state index in [1.807, 2.05) is 44.1 Å². The Bertz CT molecular complexity index is 851. The largest absolute Gasteiger partial charge is 0.397 e. The maximum atomic E-state index is 10.5. The van der Waals surface area contributed by atoms with Crippen LogP contribution in [0.15, 0.2) is 34.8 Å². The lowest BCUT2D eigenvalue weighted by Crippen LogP contribution is -2.23. The smallest absolute Gasteiger partial charge is 0.375 e. The summed E-state index contributed by atoms with van der Waals surface area (Å²) in [7, 11) is -0.629. The van der Waals surface area contributed by atoms with E-state index in [1.165, 1.54) is 11.5 Å². The first kappa shape index (κ1) is 19.4. The summed E-state index contributed by atoms with van der Waals surface area (Å²) in [6.07, 6.45) is 2.13. The fourth-order valence-corrected chi connectivity index (χ4v) is 2.89. The van der Waals surface area contributed by atoms with Crippen LogP contribution in [0.1, 0.15) is 12.0 Å². The van der Waals surface area contributed by atoms with E-state index in [1.54, 1.807) is 10.9 Å². The lowest BCUT2D eigenvalue weighted by molar-refractivity contribution is -0.656. The van der Waals surface area contributed by atoms with Gasteiger partial charge in [0.25, 0.3) is 0 Å². The number of nitrogens with zero attached hydrogens (tertiary/aromatic N) is 5. The van der Waals surface area contributed by atoms with E-state index in [0.717, 1.165) is 16.9 Å². The van der Waals surface area contributed by atoms with Gasteiger partial charge in [-0.05, 0) is 41.5 Å². The SMILES string of the molecule is Cc1cc(N(C)CCCOS(=O)(=O)O)ccc1N=Nc1snc[n+]1C. The normalized spacial score (nSPS) is 12.0. The van der Waals surface area contributed by atoms with Crippen molar-refractivity contribution >= 4 is 38.4 Å². The molecule has 0 aliphatic carbocycles. The topological polar surface area (TPSA) is 108 Å². The first-order valence-corrected chi connectivity index (χ1v) is 9.56. The van der Waals surface area contributed by atoms with Gasteiger partial charge in [-0.15, -0.1) is 0 Å². The summed E-state index contributed by atoms with van der Waals surface area (Å²) in [4.78, 5) is 1.96. The predicted octanol–water partition coefficient (Wildman–Crippen LogP) is 2.34. The van der Waals surface area contributed by atoms with E-state index < -0.39 is 10.4 Å². The van der Waals surface area contributed by atoms with Crippen molar-refractivity contribution < 1.29 is 21.7 Å². The average Bonchev–Trinajstić information content (AvgIpc) is 2.94. The Morgan fingerprint density at radius 1 is 1.40 bits per heavy atom. The third kappa shape index (κ3) is 6.12. The Kier molecular flexibility index (Phi) is 6.53. The van der Waals surface area contributed by atoms with Crippen LogP contribution in [0.3, 0.4) is 0 Å². The van der Waals surface area contributed by atoms with Gasteiger partial charge in [-0.2, -0.15) is 8.42 Å². The minimum atomic E-state index is -4.37. The molecule has 0 unspecified atom stereocenters. The minimum Gasteiger partial charge on any atom is -0.375 e. The second kappa shape index (κ2) is 8.43. The molecule has 2 aromatic rings. The van der Waals surface area contributed by atoms with Crippen LogP contribution in [-0.4, -0.2) is 37.5 Å². The number of aromatic nitrogens is 2. The molecule has 0 aliphatic rings. The summed E-state index contributed by atoms with van der Waals surface area (Å²) in [5.74, 6) is 0. The molecule has 0 spiro atoms. The van der Waals surface area contributed by atoms with Crippen molar-refractivity contribution in [3.63, 3.8) is 0 Å². The van der Waals surface area contributed by atoms with Gasteiger partial charge in [0.2, 0.25) is 6.33 Å². The Balaban J connectivity index is 1.96. The van der Waals surface area contributed by atoms with Crippen molar-refractivity contribution in [2.45, 2.75) is 13.3 Å². The molecule has 1 aromatic heterocycles. The molecule has 136 valence electrons. The highest BCUT2D eigenvalue weighted by Gasteiger charge is 2.10. The highest BCUT2D eigenvalue weighted by molar-refractivity contribution is 7.80. The molecular weight excluding hydrogens is 366 g/mol. The van der Waals surface area contributed by atoms with Crippen molar-refractivity contribution in [3.05, 3.63) is 30.1 Å². The van der Waals surface area contributed by atoms with Crippen LogP contribution in [0.4, 0.5) is 16.5 Å². The molecule has 1 aromatic carbocycles. The Labute approximate surface area is 150 Å². The third-order valence-electron chi connectivity index (χ3n) is 3.39. The van der Waals surface area contributed by atoms with E-state index in [0.29, 0.717) is 18.1 Å². The van der Waals surface area contributed by atoms with Gasteiger partial charge in [0, 0.05) is 24.4 Å². The molecule has 0 saturated heterocycles. The molecule has 9 nitrogen and oxygen atoms in total. The highest BCUT2D eigenvalue weighted by atomic mass is 32.3. The zero-order valence-electron chi connectivity index (χ0n) is 14.2. The molecule has 0 radical (unpaired) electrons. The fourth-order valence-electron chi connectivity index (χ4n) is 2.02. The molecule has 0 atom stereocenters. The predicted molar refractivity (Wildman–Crippen MR) is 94.0 cm³/mol. The number of hydrogen-bond donors (Lipinski definition) is 1. The Morgan fingerprint density at radius 3 is 2.76 bits per heavy atom. The summed E-state index contributed by atoms with van der Waals surface area (Å²) in [6.45, 7) is 2.45. The van der Waals surface area contributed by atoms with Crippen LogP contribution in [0.2, 0.25) is 0 Å². The molecule has 1 heterocycles. The van der Waals surface area contributed by atoms with Gasteiger partial charge in [-0.1, -0.05) is 5.11 Å². The van der Waals surface area contributed by atoms with Crippen LogP contribution >= 0.6 is 11.5 Å². The average molecular weight is 386 g/mol. The van der Waals surface area contributed by atoms with Gasteiger partial charge in [-0.3, -0.25) is 4.55 Å². The van der Waals surface area contributed by atoms with Gasteiger partial charge in [-0.25, -0.2) is 8.75 Å². The van der Waals surface area contributed by atoms with E-state index in [4.69, 9.17) is 4.55 Å². The quantitative estimate of drug-likeness (QED) is 0.323. The number of benzene rings is 1. The summed E-state index contributed by atoms with van der Waals surface area (Å²) in [5, 5.41) is 9.15. The van der Waals surface area contributed by atoms with E-state index in [9.17, 15) is 8.42 Å². The Hall–Kier alpha value is -1.95. The molecule has 0 saturated carbocycles. The number of anilines is 1. The van der Waals surface area contributed by atoms with Gasteiger partial charge >= 0.3 is 15.5 Å². The van der Waals surface area contributed by atoms with Crippen LogP contribution in [0.5, 0.6) is 0 Å². The molecule has 0 amide bonds. The number of rotatable bonds is 8. The number of azo groups is 1. The molecule has 0 fully saturated rings.